The van der Waals surface area contributed by atoms with Crippen molar-refractivity contribution < 1.29 is 4.79 Å². The fourth-order valence-corrected chi connectivity index (χ4v) is 3.08. The summed E-state index contributed by atoms with van der Waals surface area (Å²) in [7, 11) is 0. The summed E-state index contributed by atoms with van der Waals surface area (Å²) in [6.45, 7) is 2.28. The maximum atomic E-state index is 12.2. The third kappa shape index (κ3) is 3.07. The van der Waals surface area contributed by atoms with E-state index in [4.69, 9.17) is 0 Å². The van der Waals surface area contributed by atoms with Crippen LogP contribution in [0.3, 0.4) is 0 Å². The number of para-hydroxylation sites is 1. The highest BCUT2D eigenvalue weighted by molar-refractivity contribution is 7.18. The standard InChI is InChI=1S/C16H15N3O2S/c1-2-11-7-10(8-14(20)18-11)16(21)17-9-15-19-12-5-3-4-6-13(12)22-15/h3-8H,2,9H2,1H3,(H,17,21)(H,18,20). The number of fused-ring (bicyclic) bond motifs is 1. The van der Waals surface area contributed by atoms with E-state index in [1.165, 1.54) is 6.07 Å². The smallest absolute Gasteiger partial charge is 0.251 e. The van der Waals surface area contributed by atoms with E-state index in [1.807, 2.05) is 31.2 Å². The second-order valence-electron chi connectivity index (χ2n) is 4.87. The average Bonchev–Trinajstić information content (AvgIpc) is 2.94. The number of benzene rings is 1. The SMILES string of the molecule is CCc1cc(C(=O)NCc2nc3ccccc3s2)cc(=O)[nH]1. The first-order chi connectivity index (χ1) is 10.7. The number of aryl methyl sites for hydroxylation is 1. The van der Waals surface area contributed by atoms with Crippen molar-refractivity contribution in [3.05, 3.63) is 63.0 Å². The van der Waals surface area contributed by atoms with Crippen molar-refractivity contribution in [2.24, 2.45) is 0 Å². The largest absolute Gasteiger partial charge is 0.346 e. The zero-order chi connectivity index (χ0) is 15.5. The molecule has 22 heavy (non-hydrogen) atoms. The van der Waals surface area contributed by atoms with Crippen LogP contribution in [0.2, 0.25) is 0 Å². The summed E-state index contributed by atoms with van der Waals surface area (Å²) >= 11 is 1.55. The number of nitrogens with one attached hydrogen (secondary N) is 2. The third-order valence-corrected chi connectivity index (χ3v) is 4.32. The zero-order valence-corrected chi connectivity index (χ0v) is 12.9. The van der Waals surface area contributed by atoms with E-state index in [1.54, 1.807) is 17.4 Å². The first-order valence-electron chi connectivity index (χ1n) is 7.01. The van der Waals surface area contributed by atoms with Crippen LogP contribution in [0.25, 0.3) is 10.2 Å². The van der Waals surface area contributed by atoms with E-state index in [0.29, 0.717) is 18.5 Å². The van der Waals surface area contributed by atoms with Crippen LogP contribution < -0.4 is 10.9 Å². The van der Waals surface area contributed by atoms with Crippen LogP contribution in [-0.4, -0.2) is 15.9 Å². The van der Waals surface area contributed by atoms with Crippen molar-refractivity contribution in [2.45, 2.75) is 19.9 Å². The van der Waals surface area contributed by atoms with Gasteiger partial charge in [0.2, 0.25) is 5.56 Å². The second kappa shape index (κ2) is 6.11. The lowest BCUT2D eigenvalue weighted by molar-refractivity contribution is 0.0950. The molecule has 0 unspecified atom stereocenters. The minimum atomic E-state index is -0.264. The van der Waals surface area contributed by atoms with Gasteiger partial charge in [-0.15, -0.1) is 11.3 Å². The van der Waals surface area contributed by atoms with Gasteiger partial charge in [0.05, 0.1) is 16.8 Å². The van der Waals surface area contributed by atoms with Crippen molar-refractivity contribution in [2.75, 3.05) is 0 Å². The van der Waals surface area contributed by atoms with Crippen LogP contribution >= 0.6 is 11.3 Å². The van der Waals surface area contributed by atoms with Gasteiger partial charge in [-0.3, -0.25) is 9.59 Å². The fourth-order valence-electron chi connectivity index (χ4n) is 2.18. The highest BCUT2D eigenvalue weighted by Gasteiger charge is 2.09. The third-order valence-electron chi connectivity index (χ3n) is 3.28. The molecule has 0 spiro atoms. The van der Waals surface area contributed by atoms with Gasteiger partial charge in [-0.25, -0.2) is 4.98 Å². The molecule has 2 aromatic heterocycles. The molecule has 0 saturated heterocycles. The minimum absolute atomic E-state index is 0.260. The summed E-state index contributed by atoms with van der Waals surface area (Å²) in [5.74, 6) is -0.264. The number of carbonyl (C=O) groups excluding carboxylic acids is 1. The topological polar surface area (TPSA) is 74.8 Å². The van der Waals surface area contributed by atoms with Gasteiger partial charge in [0.1, 0.15) is 5.01 Å². The lowest BCUT2D eigenvalue weighted by atomic mass is 10.2. The number of aromatic nitrogens is 2. The Morgan fingerprint density at radius 1 is 1.32 bits per heavy atom. The van der Waals surface area contributed by atoms with Gasteiger partial charge in [-0.2, -0.15) is 0 Å². The molecule has 0 bridgehead atoms. The van der Waals surface area contributed by atoms with Crippen LogP contribution in [0, 0.1) is 0 Å². The Labute approximate surface area is 131 Å². The van der Waals surface area contributed by atoms with Crippen molar-refractivity contribution in [3.63, 3.8) is 0 Å². The van der Waals surface area contributed by atoms with Gasteiger partial charge in [-0.05, 0) is 24.6 Å². The van der Waals surface area contributed by atoms with Crippen LogP contribution in [0.4, 0.5) is 0 Å². The molecule has 0 aliphatic rings. The Morgan fingerprint density at radius 3 is 2.91 bits per heavy atom. The number of H-pyrrole nitrogens is 1. The van der Waals surface area contributed by atoms with Crippen molar-refractivity contribution in [1.29, 1.82) is 0 Å². The summed E-state index contributed by atoms with van der Waals surface area (Å²) < 4.78 is 1.09. The predicted molar refractivity (Wildman–Crippen MR) is 87.2 cm³/mol. The number of aromatic amines is 1. The highest BCUT2D eigenvalue weighted by atomic mass is 32.1. The number of nitrogens with zero attached hydrogens (tertiary/aromatic N) is 1. The molecule has 1 aromatic carbocycles. The number of thiazole rings is 1. The average molecular weight is 313 g/mol. The lowest BCUT2D eigenvalue weighted by Crippen LogP contribution is -2.24. The molecule has 0 aliphatic carbocycles. The normalized spacial score (nSPS) is 10.8. The summed E-state index contributed by atoms with van der Waals surface area (Å²) in [4.78, 5) is 30.9. The Balaban J connectivity index is 1.74. The van der Waals surface area contributed by atoms with E-state index in [0.717, 1.165) is 20.9 Å². The molecule has 1 amide bonds. The number of carbonyl (C=O) groups is 1. The van der Waals surface area contributed by atoms with E-state index in [9.17, 15) is 9.59 Å². The lowest BCUT2D eigenvalue weighted by Gasteiger charge is -2.04. The molecular formula is C16H15N3O2S. The van der Waals surface area contributed by atoms with Crippen LogP contribution in [0.5, 0.6) is 0 Å². The van der Waals surface area contributed by atoms with Gasteiger partial charge >= 0.3 is 0 Å². The van der Waals surface area contributed by atoms with E-state index < -0.39 is 0 Å². The molecule has 0 radical (unpaired) electrons. The van der Waals surface area contributed by atoms with Gasteiger partial charge in [0.25, 0.3) is 5.91 Å². The number of hydrogen-bond donors (Lipinski definition) is 2. The molecule has 2 N–H and O–H groups in total. The summed E-state index contributed by atoms with van der Waals surface area (Å²) in [6, 6.07) is 10.9. The molecule has 112 valence electrons. The first-order valence-corrected chi connectivity index (χ1v) is 7.83. The fraction of sp³-hybridized carbons (Fsp3) is 0.188. The predicted octanol–water partition coefficient (Wildman–Crippen LogP) is 2.48. The van der Waals surface area contributed by atoms with E-state index in [2.05, 4.69) is 15.3 Å². The molecule has 3 rings (SSSR count). The monoisotopic (exact) mass is 313 g/mol. The minimum Gasteiger partial charge on any atom is -0.346 e. The molecule has 2 heterocycles. The molecular weight excluding hydrogens is 298 g/mol. The summed E-state index contributed by atoms with van der Waals surface area (Å²) in [5, 5.41) is 3.65. The van der Waals surface area contributed by atoms with Gasteiger partial charge in [0, 0.05) is 17.3 Å². The number of pyridine rings is 1. The van der Waals surface area contributed by atoms with Gasteiger partial charge in [-0.1, -0.05) is 19.1 Å². The Kier molecular flexibility index (Phi) is 4.02. The molecule has 0 atom stereocenters. The second-order valence-corrected chi connectivity index (χ2v) is 5.99. The molecule has 0 aliphatic heterocycles. The molecule has 0 saturated carbocycles. The Bertz CT molecular complexity index is 849. The number of amides is 1. The molecule has 3 aromatic rings. The van der Waals surface area contributed by atoms with Gasteiger partial charge < -0.3 is 10.3 Å². The van der Waals surface area contributed by atoms with Crippen molar-refractivity contribution in [3.8, 4) is 0 Å². The molecule has 5 nitrogen and oxygen atoms in total. The van der Waals surface area contributed by atoms with Crippen LogP contribution in [-0.2, 0) is 13.0 Å². The van der Waals surface area contributed by atoms with Crippen LogP contribution in [0.15, 0.2) is 41.2 Å². The van der Waals surface area contributed by atoms with E-state index >= 15 is 0 Å². The maximum absolute atomic E-state index is 12.2. The van der Waals surface area contributed by atoms with Gasteiger partial charge in [0.15, 0.2) is 0 Å². The summed E-state index contributed by atoms with van der Waals surface area (Å²) in [5.41, 5.74) is 1.80. The highest BCUT2D eigenvalue weighted by Crippen LogP contribution is 2.21. The molecule has 0 fully saturated rings. The molecule has 6 heteroatoms. The Morgan fingerprint density at radius 2 is 2.14 bits per heavy atom. The quantitative estimate of drug-likeness (QED) is 0.777. The Hall–Kier alpha value is -2.47. The van der Waals surface area contributed by atoms with E-state index in [-0.39, 0.29) is 11.5 Å². The van der Waals surface area contributed by atoms with Crippen LogP contribution in [0.1, 0.15) is 28.0 Å². The first kappa shape index (κ1) is 14.5. The number of hydrogen-bond acceptors (Lipinski definition) is 4. The maximum Gasteiger partial charge on any atom is 0.251 e. The zero-order valence-electron chi connectivity index (χ0n) is 12.1. The number of rotatable bonds is 4. The summed E-state index contributed by atoms with van der Waals surface area (Å²) in [6.07, 6.45) is 0.675. The van der Waals surface area contributed by atoms with Crippen molar-refractivity contribution >= 4 is 27.5 Å². The van der Waals surface area contributed by atoms with Crippen molar-refractivity contribution in [1.82, 2.24) is 15.3 Å².